The molecule has 0 spiro atoms. The van der Waals surface area contributed by atoms with Gasteiger partial charge in [0.15, 0.2) is 0 Å². The summed E-state index contributed by atoms with van der Waals surface area (Å²) in [6, 6.07) is 3.82. The summed E-state index contributed by atoms with van der Waals surface area (Å²) in [4.78, 5) is 7.54. The van der Waals surface area contributed by atoms with Crippen molar-refractivity contribution in [2.45, 2.75) is 45.6 Å². The summed E-state index contributed by atoms with van der Waals surface area (Å²) in [5.74, 6) is -0.121. The maximum Gasteiger partial charge on any atom is 0.280 e. The second kappa shape index (κ2) is 8.65. The summed E-state index contributed by atoms with van der Waals surface area (Å²) in [5, 5.41) is 0. The van der Waals surface area contributed by atoms with Crippen molar-refractivity contribution < 1.29 is 22.3 Å². The minimum atomic E-state index is -2.81. The van der Waals surface area contributed by atoms with E-state index >= 15 is 0 Å². The molecule has 0 aromatic carbocycles. The molecule has 27 heavy (non-hydrogen) atoms. The smallest absolute Gasteiger partial charge is 0.280 e. The third-order valence-corrected chi connectivity index (χ3v) is 3.83. The minimum Gasteiger partial charge on any atom is -0.477 e. The van der Waals surface area contributed by atoms with Crippen LogP contribution in [0.5, 0.6) is 5.88 Å². The van der Waals surface area contributed by atoms with Crippen molar-refractivity contribution in [3.8, 4) is 17.0 Å². The Bertz CT molecular complexity index is 763. The van der Waals surface area contributed by atoms with Gasteiger partial charge < -0.3 is 10.5 Å². The van der Waals surface area contributed by atoms with E-state index < -0.39 is 24.1 Å². The Morgan fingerprint density at radius 3 is 2.37 bits per heavy atom. The van der Waals surface area contributed by atoms with Gasteiger partial charge in [0.1, 0.15) is 5.69 Å². The number of rotatable bonds is 8. The van der Waals surface area contributed by atoms with Crippen molar-refractivity contribution >= 4 is 0 Å². The van der Waals surface area contributed by atoms with E-state index in [0.29, 0.717) is 12.0 Å². The van der Waals surface area contributed by atoms with Crippen molar-refractivity contribution in [3.05, 3.63) is 41.9 Å². The molecule has 0 aliphatic carbocycles. The number of nitrogens with two attached hydrogens (primary N) is 1. The lowest BCUT2D eigenvalue weighted by molar-refractivity contribution is 0.140. The molecule has 2 N–H and O–H groups in total. The molecule has 2 heterocycles. The molecule has 0 aliphatic rings. The number of halogens is 4. The van der Waals surface area contributed by atoms with Gasteiger partial charge in [-0.25, -0.2) is 22.5 Å². The van der Waals surface area contributed by atoms with Crippen molar-refractivity contribution in [3.63, 3.8) is 0 Å². The number of alkyl halides is 4. The maximum absolute atomic E-state index is 13.5. The molecule has 0 amide bonds. The second-order valence-corrected chi connectivity index (χ2v) is 7.30. The average molecular weight is 385 g/mol. The van der Waals surface area contributed by atoms with Crippen LogP contribution in [0.3, 0.4) is 0 Å². The first-order valence-electron chi connectivity index (χ1n) is 8.51. The van der Waals surface area contributed by atoms with Crippen LogP contribution in [-0.4, -0.2) is 22.1 Å². The summed E-state index contributed by atoms with van der Waals surface area (Å²) < 4.78 is 58.0. The van der Waals surface area contributed by atoms with Crippen LogP contribution in [0.2, 0.25) is 0 Å². The first-order valence-corrected chi connectivity index (χ1v) is 8.51. The topological polar surface area (TPSA) is 61.0 Å². The highest BCUT2D eigenvalue weighted by molar-refractivity contribution is 5.64. The van der Waals surface area contributed by atoms with Gasteiger partial charge in [-0.1, -0.05) is 6.92 Å². The largest absolute Gasteiger partial charge is 0.477 e. The van der Waals surface area contributed by atoms with E-state index in [1.807, 2.05) is 20.8 Å². The molecule has 0 saturated carbocycles. The third kappa shape index (κ3) is 6.16. The van der Waals surface area contributed by atoms with Crippen LogP contribution < -0.4 is 10.5 Å². The Labute approximate surface area is 155 Å². The van der Waals surface area contributed by atoms with Gasteiger partial charge in [-0.05, 0) is 49.9 Å². The number of aromatic nitrogens is 2. The number of nitrogens with zero attached hydrogens (tertiary/aromatic N) is 2. The molecule has 0 bridgehead atoms. The van der Waals surface area contributed by atoms with Gasteiger partial charge in [0.25, 0.3) is 12.9 Å². The first-order chi connectivity index (χ1) is 12.6. The Morgan fingerprint density at radius 2 is 1.78 bits per heavy atom. The van der Waals surface area contributed by atoms with Gasteiger partial charge >= 0.3 is 0 Å². The number of pyridine rings is 2. The van der Waals surface area contributed by atoms with Crippen LogP contribution in [0, 0.1) is 5.92 Å². The molecule has 4 nitrogen and oxygen atoms in total. The van der Waals surface area contributed by atoms with Crippen LogP contribution >= 0.6 is 0 Å². The normalized spacial score (nSPS) is 13.3. The summed E-state index contributed by atoms with van der Waals surface area (Å²) >= 11 is 0. The molecule has 0 aliphatic heterocycles. The predicted molar refractivity (Wildman–Crippen MR) is 94.9 cm³/mol. The number of hydrogen-bond donors (Lipinski definition) is 1. The summed E-state index contributed by atoms with van der Waals surface area (Å²) in [7, 11) is 0. The molecule has 148 valence electrons. The van der Waals surface area contributed by atoms with Crippen LogP contribution in [-0.2, 0) is 0 Å². The van der Waals surface area contributed by atoms with Gasteiger partial charge in [0, 0.05) is 23.5 Å². The average Bonchev–Trinajstić information content (AvgIpc) is 2.58. The van der Waals surface area contributed by atoms with Crippen molar-refractivity contribution in [1.82, 2.24) is 9.97 Å². The van der Waals surface area contributed by atoms with Crippen molar-refractivity contribution in [2.24, 2.45) is 11.7 Å². The maximum atomic E-state index is 13.5. The molecule has 8 heteroatoms. The fourth-order valence-electron chi connectivity index (χ4n) is 2.83. The van der Waals surface area contributed by atoms with Crippen molar-refractivity contribution in [2.75, 3.05) is 6.61 Å². The predicted octanol–water partition coefficient (Wildman–Crippen LogP) is 5.16. The molecule has 2 aromatic rings. The van der Waals surface area contributed by atoms with Gasteiger partial charge in [-0.15, -0.1) is 0 Å². The zero-order valence-corrected chi connectivity index (χ0v) is 15.4. The Kier molecular flexibility index (Phi) is 6.75. The summed E-state index contributed by atoms with van der Waals surface area (Å²) in [6.07, 6.45) is -2.38. The lowest BCUT2D eigenvalue weighted by atomic mass is 9.93. The third-order valence-electron chi connectivity index (χ3n) is 3.83. The Balaban J connectivity index is 2.23. The highest BCUT2D eigenvalue weighted by Gasteiger charge is 2.20. The molecular weight excluding hydrogens is 362 g/mol. The van der Waals surface area contributed by atoms with Gasteiger partial charge in [-0.2, -0.15) is 0 Å². The molecule has 0 unspecified atom stereocenters. The van der Waals surface area contributed by atoms with E-state index in [2.05, 4.69) is 9.97 Å². The van der Waals surface area contributed by atoms with Gasteiger partial charge in [0.05, 0.1) is 12.2 Å². The van der Waals surface area contributed by atoms with Gasteiger partial charge in [-0.3, -0.25) is 4.98 Å². The standard InChI is InChI=1S/C19H23F4N3O/c1-11(8-19(2,3)24)10-27-18-14(16(20)21)6-13(9-26-18)12-4-5-25-15(7-12)17(22)23/h4-7,9,11,16-17H,8,10,24H2,1-3H3/t11-/m0/s1. The summed E-state index contributed by atoms with van der Waals surface area (Å²) in [5.41, 5.74) is 5.37. The van der Waals surface area contributed by atoms with E-state index in [1.165, 1.54) is 24.5 Å². The number of ether oxygens (including phenoxy) is 1. The minimum absolute atomic E-state index is 0.0470. The second-order valence-electron chi connectivity index (χ2n) is 7.30. The zero-order chi connectivity index (χ0) is 20.2. The van der Waals surface area contributed by atoms with E-state index in [-0.39, 0.29) is 29.5 Å². The Morgan fingerprint density at radius 1 is 1.07 bits per heavy atom. The van der Waals surface area contributed by atoms with Crippen LogP contribution in [0.15, 0.2) is 30.6 Å². The monoisotopic (exact) mass is 385 g/mol. The van der Waals surface area contributed by atoms with Crippen LogP contribution in [0.4, 0.5) is 17.6 Å². The number of hydrogen-bond acceptors (Lipinski definition) is 4. The van der Waals surface area contributed by atoms with Crippen LogP contribution in [0.1, 0.15) is 51.3 Å². The molecular formula is C19H23F4N3O. The lowest BCUT2D eigenvalue weighted by Gasteiger charge is -2.23. The highest BCUT2D eigenvalue weighted by atomic mass is 19.3. The SMILES string of the molecule is C[C@H](COc1ncc(-c2ccnc(C(F)F)c2)cc1C(F)F)CC(C)(C)N. The molecule has 0 saturated heterocycles. The quantitative estimate of drug-likeness (QED) is 0.638. The Hall–Kier alpha value is -2.22. The lowest BCUT2D eigenvalue weighted by Crippen LogP contribution is -2.35. The highest BCUT2D eigenvalue weighted by Crippen LogP contribution is 2.32. The fourth-order valence-corrected chi connectivity index (χ4v) is 2.83. The molecule has 0 radical (unpaired) electrons. The first kappa shape index (κ1) is 21.1. The molecule has 0 fully saturated rings. The van der Waals surface area contributed by atoms with E-state index in [1.54, 1.807) is 0 Å². The van der Waals surface area contributed by atoms with Crippen molar-refractivity contribution in [1.29, 1.82) is 0 Å². The molecule has 2 rings (SSSR count). The zero-order valence-electron chi connectivity index (χ0n) is 15.4. The van der Waals surface area contributed by atoms with Crippen LogP contribution in [0.25, 0.3) is 11.1 Å². The molecule has 1 atom stereocenters. The molecule has 2 aromatic heterocycles. The van der Waals surface area contributed by atoms with E-state index in [4.69, 9.17) is 10.5 Å². The van der Waals surface area contributed by atoms with Gasteiger partial charge in [0.2, 0.25) is 5.88 Å². The fraction of sp³-hybridized carbons (Fsp3) is 0.474. The van der Waals surface area contributed by atoms with E-state index in [0.717, 1.165) is 6.07 Å². The van der Waals surface area contributed by atoms with E-state index in [9.17, 15) is 17.6 Å². The summed E-state index contributed by atoms with van der Waals surface area (Å²) in [6.45, 7) is 5.86.